The number of benzene rings is 3. The number of Topliss-reactive ketones (excluding diaryl/α,β-unsaturated/α-hetero) is 1. The van der Waals surface area contributed by atoms with Crippen LogP contribution in [0.3, 0.4) is 0 Å². The van der Waals surface area contributed by atoms with E-state index in [9.17, 15) is 14.0 Å². The van der Waals surface area contributed by atoms with Crippen molar-refractivity contribution in [2.45, 2.75) is 12.6 Å². The van der Waals surface area contributed by atoms with Gasteiger partial charge in [0.05, 0.1) is 12.9 Å². The van der Waals surface area contributed by atoms with Crippen LogP contribution in [-0.4, -0.2) is 27.3 Å². The molecule has 1 N–H and O–H groups in total. The van der Waals surface area contributed by atoms with E-state index in [0.29, 0.717) is 11.1 Å². The number of hydrogen-bond acceptors (Lipinski definition) is 3. The molecule has 0 radical (unpaired) electrons. The van der Waals surface area contributed by atoms with Crippen molar-refractivity contribution >= 4 is 11.7 Å². The van der Waals surface area contributed by atoms with Gasteiger partial charge in [-0.25, -0.2) is 9.37 Å². The highest BCUT2D eigenvalue weighted by molar-refractivity contribution is 6.04. The largest absolute Gasteiger partial charge is 0.340 e. The SMILES string of the molecule is O=C(NC(Cn1ccnc1)C(=O)c1ccccc1)c1ccc(-c2cccc(F)c2)cc1. The molecule has 0 spiro atoms. The van der Waals surface area contributed by atoms with Crippen LogP contribution < -0.4 is 5.32 Å². The summed E-state index contributed by atoms with van der Waals surface area (Å²) in [7, 11) is 0. The Kier molecular flexibility index (Phi) is 5.98. The van der Waals surface area contributed by atoms with Crippen LogP contribution in [0.2, 0.25) is 0 Å². The van der Waals surface area contributed by atoms with Crippen molar-refractivity contribution in [1.82, 2.24) is 14.9 Å². The van der Waals surface area contributed by atoms with Gasteiger partial charge in [0.15, 0.2) is 5.78 Å². The molecule has 0 fully saturated rings. The number of ketones is 1. The second kappa shape index (κ2) is 9.17. The lowest BCUT2D eigenvalue weighted by atomic mass is 10.0. The Labute approximate surface area is 179 Å². The van der Waals surface area contributed by atoms with Gasteiger partial charge in [-0.15, -0.1) is 0 Å². The van der Waals surface area contributed by atoms with E-state index >= 15 is 0 Å². The lowest BCUT2D eigenvalue weighted by Gasteiger charge is -2.18. The highest BCUT2D eigenvalue weighted by Gasteiger charge is 2.23. The number of imidazole rings is 1. The van der Waals surface area contributed by atoms with E-state index in [1.54, 1.807) is 84.0 Å². The summed E-state index contributed by atoms with van der Waals surface area (Å²) < 4.78 is 15.2. The van der Waals surface area contributed by atoms with E-state index in [2.05, 4.69) is 10.3 Å². The Morgan fingerprint density at radius 2 is 1.68 bits per heavy atom. The Bertz CT molecular complexity index is 1170. The Morgan fingerprint density at radius 1 is 0.903 bits per heavy atom. The molecule has 3 aromatic carbocycles. The molecule has 31 heavy (non-hydrogen) atoms. The van der Waals surface area contributed by atoms with E-state index < -0.39 is 6.04 Å². The molecule has 0 aliphatic carbocycles. The fraction of sp³-hybridized carbons (Fsp3) is 0.0800. The van der Waals surface area contributed by atoms with Gasteiger partial charge in [0.1, 0.15) is 11.9 Å². The van der Waals surface area contributed by atoms with Gasteiger partial charge in [0, 0.05) is 23.5 Å². The summed E-state index contributed by atoms with van der Waals surface area (Å²) in [4.78, 5) is 29.9. The average Bonchev–Trinajstić information content (AvgIpc) is 3.32. The van der Waals surface area contributed by atoms with Crippen molar-refractivity contribution in [3.8, 4) is 11.1 Å². The molecule has 0 saturated heterocycles. The smallest absolute Gasteiger partial charge is 0.251 e. The maximum atomic E-state index is 13.5. The van der Waals surface area contributed by atoms with Crippen molar-refractivity contribution in [2.24, 2.45) is 0 Å². The topological polar surface area (TPSA) is 64.0 Å². The molecule has 5 nitrogen and oxygen atoms in total. The van der Waals surface area contributed by atoms with E-state index in [1.807, 2.05) is 6.07 Å². The highest BCUT2D eigenvalue weighted by Crippen LogP contribution is 2.20. The van der Waals surface area contributed by atoms with Crippen LogP contribution in [0.4, 0.5) is 4.39 Å². The Morgan fingerprint density at radius 3 is 2.35 bits per heavy atom. The van der Waals surface area contributed by atoms with Crippen LogP contribution in [0.5, 0.6) is 0 Å². The van der Waals surface area contributed by atoms with Gasteiger partial charge >= 0.3 is 0 Å². The van der Waals surface area contributed by atoms with Gasteiger partial charge in [0.2, 0.25) is 0 Å². The zero-order chi connectivity index (χ0) is 21.6. The first-order valence-corrected chi connectivity index (χ1v) is 9.82. The number of nitrogens with zero attached hydrogens (tertiary/aromatic N) is 2. The highest BCUT2D eigenvalue weighted by atomic mass is 19.1. The van der Waals surface area contributed by atoms with E-state index in [0.717, 1.165) is 11.1 Å². The van der Waals surface area contributed by atoms with Crippen molar-refractivity contribution in [3.05, 3.63) is 115 Å². The number of halogens is 1. The average molecular weight is 413 g/mol. The summed E-state index contributed by atoms with van der Waals surface area (Å²) in [5.74, 6) is -0.861. The first-order valence-electron chi connectivity index (χ1n) is 9.82. The predicted octanol–water partition coefficient (Wildman–Crippen LogP) is 4.37. The monoisotopic (exact) mass is 413 g/mol. The summed E-state index contributed by atoms with van der Waals surface area (Å²) in [6.07, 6.45) is 4.97. The van der Waals surface area contributed by atoms with Crippen molar-refractivity contribution in [1.29, 1.82) is 0 Å². The van der Waals surface area contributed by atoms with Gasteiger partial charge in [0.25, 0.3) is 5.91 Å². The predicted molar refractivity (Wildman–Crippen MR) is 116 cm³/mol. The van der Waals surface area contributed by atoms with E-state index in [4.69, 9.17) is 0 Å². The molecule has 0 aliphatic heterocycles. The van der Waals surface area contributed by atoms with E-state index in [1.165, 1.54) is 12.1 Å². The van der Waals surface area contributed by atoms with E-state index in [-0.39, 0.29) is 24.1 Å². The number of nitrogens with one attached hydrogen (secondary N) is 1. The molecule has 1 atom stereocenters. The standard InChI is InChI=1S/C25H20FN3O2/c26-22-8-4-7-21(15-22)18-9-11-20(12-10-18)25(31)28-23(16-29-14-13-27-17-29)24(30)19-5-2-1-3-6-19/h1-15,17,23H,16H2,(H,28,31). The quantitative estimate of drug-likeness (QED) is 0.458. The van der Waals surface area contributed by atoms with Crippen molar-refractivity contribution in [2.75, 3.05) is 0 Å². The molecule has 1 heterocycles. The molecular weight excluding hydrogens is 393 g/mol. The van der Waals surface area contributed by atoms with Gasteiger partial charge in [-0.1, -0.05) is 54.6 Å². The second-order valence-electron chi connectivity index (χ2n) is 7.10. The summed E-state index contributed by atoms with van der Waals surface area (Å²) >= 11 is 0. The zero-order valence-corrected chi connectivity index (χ0v) is 16.6. The molecule has 1 amide bonds. The summed E-state index contributed by atoms with van der Waals surface area (Å²) in [6.45, 7) is 0.265. The molecule has 0 aliphatic rings. The van der Waals surface area contributed by atoms with Crippen LogP contribution >= 0.6 is 0 Å². The number of rotatable bonds is 7. The number of carbonyl (C=O) groups excluding carboxylic acids is 2. The van der Waals surface area contributed by atoms with Crippen LogP contribution in [-0.2, 0) is 6.54 Å². The maximum absolute atomic E-state index is 13.5. The number of hydrogen-bond donors (Lipinski definition) is 1. The fourth-order valence-corrected chi connectivity index (χ4v) is 3.33. The first-order chi connectivity index (χ1) is 15.1. The molecule has 6 heteroatoms. The molecule has 1 aromatic heterocycles. The minimum atomic E-state index is -0.757. The van der Waals surface area contributed by atoms with Crippen molar-refractivity contribution in [3.63, 3.8) is 0 Å². The second-order valence-corrected chi connectivity index (χ2v) is 7.10. The summed E-state index contributed by atoms with van der Waals surface area (Å²) in [5.41, 5.74) is 2.46. The minimum Gasteiger partial charge on any atom is -0.340 e. The number of carbonyl (C=O) groups is 2. The van der Waals surface area contributed by atoms with Gasteiger partial charge < -0.3 is 9.88 Å². The summed E-state index contributed by atoms with van der Waals surface area (Å²) in [5, 5.41) is 2.84. The van der Waals surface area contributed by atoms with Crippen molar-refractivity contribution < 1.29 is 14.0 Å². The lowest BCUT2D eigenvalue weighted by Crippen LogP contribution is -2.43. The van der Waals surface area contributed by atoms with Crippen LogP contribution in [0.25, 0.3) is 11.1 Å². The van der Waals surface area contributed by atoms with Gasteiger partial charge in [-0.3, -0.25) is 9.59 Å². The Balaban J connectivity index is 1.53. The molecule has 0 saturated carbocycles. The van der Waals surface area contributed by atoms with Gasteiger partial charge in [-0.2, -0.15) is 0 Å². The zero-order valence-electron chi connectivity index (χ0n) is 16.6. The molecule has 154 valence electrons. The maximum Gasteiger partial charge on any atom is 0.251 e. The summed E-state index contributed by atoms with van der Waals surface area (Å²) in [6, 6.07) is 21.2. The molecular formula is C25H20FN3O2. The lowest BCUT2D eigenvalue weighted by molar-refractivity contribution is 0.0847. The Hall–Kier alpha value is -4.06. The van der Waals surface area contributed by atoms with Crippen LogP contribution in [0.15, 0.2) is 97.6 Å². The van der Waals surface area contributed by atoms with Crippen LogP contribution in [0, 0.1) is 5.82 Å². The number of aromatic nitrogens is 2. The molecule has 1 unspecified atom stereocenters. The number of amides is 1. The third-order valence-electron chi connectivity index (χ3n) is 4.94. The third kappa shape index (κ3) is 4.93. The third-order valence-corrected chi connectivity index (χ3v) is 4.94. The minimum absolute atomic E-state index is 0.181. The fourth-order valence-electron chi connectivity index (χ4n) is 3.33. The molecule has 0 bridgehead atoms. The van der Waals surface area contributed by atoms with Gasteiger partial charge in [-0.05, 0) is 35.4 Å². The normalized spacial score (nSPS) is 11.6. The first kappa shape index (κ1) is 20.2. The molecule has 4 aromatic rings. The van der Waals surface area contributed by atoms with Crippen LogP contribution in [0.1, 0.15) is 20.7 Å². The molecule has 4 rings (SSSR count).